The third kappa shape index (κ3) is 7.93. The van der Waals surface area contributed by atoms with Crippen LogP contribution in [0.2, 0.25) is 36.3 Å². The number of carbonyl (C=O) groups excluding carboxylic acids is 1. The van der Waals surface area contributed by atoms with Crippen LogP contribution in [0.3, 0.4) is 0 Å². The van der Waals surface area contributed by atoms with Crippen LogP contribution in [0, 0.1) is 0 Å². The Morgan fingerprint density at radius 2 is 1.59 bits per heavy atom. The van der Waals surface area contributed by atoms with Gasteiger partial charge in [-0.25, -0.2) is 4.79 Å². The molecule has 1 fully saturated rings. The Hall–Kier alpha value is -2.36. The average Bonchev–Trinajstić information content (AvgIpc) is 3.18. The molecule has 1 aromatic carbocycles. The van der Waals surface area contributed by atoms with E-state index in [0.717, 1.165) is 4.73 Å². The fourth-order valence-electron chi connectivity index (χ4n) is 3.76. The molecule has 2 heterocycles. The van der Waals surface area contributed by atoms with E-state index in [0.29, 0.717) is 12.2 Å². The molecule has 228 valence electrons. The maximum absolute atomic E-state index is 12.9. The number of methoxy groups -OCH3 is 1. The van der Waals surface area contributed by atoms with Crippen LogP contribution in [0.25, 0.3) is 0 Å². The zero-order valence-corrected chi connectivity index (χ0v) is 28.3. The van der Waals surface area contributed by atoms with Gasteiger partial charge in [0.15, 0.2) is 16.6 Å². The molecular formula is C29H47N3O7Si2. The van der Waals surface area contributed by atoms with Gasteiger partial charge in [-0.05, 0) is 48.4 Å². The summed E-state index contributed by atoms with van der Waals surface area (Å²) in [5, 5.41) is 2.61. The van der Waals surface area contributed by atoms with Crippen LogP contribution < -0.4 is 15.8 Å². The summed E-state index contributed by atoms with van der Waals surface area (Å²) in [4.78, 5) is 35.3. The summed E-state index contributed by atoms with van der Waals surface area (Å²) in [6, 6.07) is 10.2. The number of nitrogens with one attached hydrogen (secondary N) is 1. The third-order valence-corrected chi connectivity index (χ3v) is 17.4. The second kappa shape index (κ2) is 12.5. The van der Waals surface area contributed by atoms with Crippen molar-refractivity contribution in [1.82, 2.24) is 9.71 Å². The Morgan fingerprint density at radius 1 is 0.976 bits per heavy atom. The Balaban J connectivity index is 1.82. The molecule has 1 saturated heterocycles. The molecule has 4 atom stereocenters. The summed E-state index contributed by atoms with van der Waals surface area (Å²) in [6.45, 7) is 22.1. The molecule has 3 rings (SSSR count). The van der Waals surface area contributed by atoms with Gasteiger partial charge in [-0.15, -0.1) is 4.73 Å². The number of hydrogen-bond acceptors (Lipinski definition) is 8. The monoisotopic (exact) mass is 605 g/mol. The minimum atomic E-state index is -2.25. The summed E-state index contributed by atoms with van der Waals surface area (Å²) in [5.74, 6) is -0.260. The van der Waals surface area contributed by atoms with Crippen molar-refractivity contribution in [3.63, 3.8) is 0 Å². The summed E-state index contributed by atoms with van der Waals surface area (Å²) < 4.78 is 26.6. The molecule has 10 nitrogen and oxygen atoms in total. The average molecular weight is 606 g/mol. The minimum absolute atomic E-state index is 0.0224. The molecule has 2 aromatic rings. The number of carbonyl (C=O) groups is 1. The van der Waals surface area contributed by atoms with Crippen LogP contribution in [0.5, 0.6) is 0 Å². The molecule has 41 heavy (non-hydrogen) atoms. The van der Waals surface area contributed by atoms with Crippen molar-refractivity contribution in [2.24, 2.45) is 0 Å². The van der Waals surface area contributed by atoms with E-state index in [-0.39, 0.29) is 21.8 Å². The highest BCUT2D eigenvalue weighted by molar-refractivity contribution is 6.74. The lowest BCUT2D eigenvalue weighted by Gasteiger charge is -2.41. The first-order valence-electron chi connectivity index (χ1n) is 14.0. The fraction of sp³-hybridized carbons (Fsp3) is 0.621. The van der Waals surface area contributed by atoms with Gasteiger partial charge in [-0.1, -0.05) is 59.7 Å². The highest BCUT2D eigenvalue weighted by atomic mass is 28.4. The molecule has 1 N–H and O–H groups in total. The lowest BCUT2D eigenvalue weighted by molar-refractivity contribution is -0.178. The standard InChI is InChI=1S/C29H47N3O7Si2/c1-28(2,3)40(8,9)36-19-21-23(39-41(10,11)29(4,5)6)24(35-7)26(37-21)38-32-18-17-22(31-27(32)34)30-25(33)20-15-13-12-14-16-20/h12-18,21,23-24,26H,19H2,1-11H3,(H,30,31,33,34)/t21-,23-,24-,26-/m1/s1. The maximum atomic E-state index is 12.9. The maximum Gasteiger partial charge on any atom is 0.382 e. The molecule has 0 aliphatic carbocycles. The van der Waals surface area contributed by atoms with Gasteiger partial charge in [0.25, 0.3) is 12.2 Å². The Morgan fingerprint density at radius 3 is 2.12 bits per heavy atom. The second-order valence-electron chi connectivity index (χ2n) is 13.5. The van der Waals surface area contributed by atoms with Gasteiger partial charge >= 0.3 is 5.69 Å². The van der Waals surface area contributed by atoms with Crippen molar-refractivity contribution in [2.75, 3.05) is 19.0 Å². The van der Waals surface area contributed by atoms with Crippen molar-refractivity contribution in [3.8, 4) is 0 Å². The summed E-state index contributed by atoms with van der Waals surface area (Å²) in [5.41, 5.74) is -0.257. The van der Waals surface area contributed by atoms with E-state index >= 15 is 0 Å². The van der Waals surface area contributed by atoms with Crippen LogP contribution in [0.15, 0.2) is 47.4 Å². The molecule has 0 unspecified atom stereocenters. The van der Waals surface area contributed by atoms with E-state index in [9.17, 15) is 9.59 Å². The first kappa shape index (κ1) is 33.1. The van der Waals surface area contributed by atoms with Gasteiger partial charge in [0.2, 0.25) is 0 Å². The molecular weight excluding hydrogens is 559 g/mol. The lowest BCUT2D eigenvalue weighted by Crippen LogP contribution is -2.52. The van der Waals surface area contributed by atoms with Crippen LogP contribution in [0.4, 0.5) is 5.82 Å². The Labute approximate surface area is 245 Å². The summed E-state index contributed by atoms with van der Waals surface area (Å²) >= 11 is 0. The smallest absolute Gasteiger partial charge is 0.382 e. The van der Waals surface area contributed by atoms with Gasteiger partial charge in [0, 0.05) is 18.7 Å². The second-order valence-corrected chi connectivity index (χ2v) is 23.1. The van der Waals surface area contributed by atoms with Gasteiger partial charge in [-0.3, -0.25) is 4.79 Å². The topological polar surface area (TPSA) is 110 Å². The Bertz CT molecular complexity index is 1240. The number of nitrogens with zero attached hydrogens (tertiary/aromatic N) is 2. The molecule has 1 amide bonds. The number of ether oxygens (including phenoxy) is 2. The number of rotatable bonds is 10. The van der Waals surface area contributed by atoms with E-state index in [1.165, 1.54) is 12.3 Å². The fourth-order valence-corrected chi connectivity index (χ4v) is 6.09. The van der Waals surface area contributed by atoms with Gasteiger partial charge in [0.1, 0.15) is 24.1 Å². The third-order valence-electron chi connectivity index (χ3n) is 8.46. The number of amides is 1. The molecule has 12 heteroatoms. The largest absolute Gasteiger partial charge is 0.414 e. The van der Waals surface area contributed by atoms with Crippen LogP contribution in [-0.4, -0.2) is 70.6 Å². The lowest BCUT2D eigenvalue weighted by atomic mass is 10.1. The first-order chi connectivity index (χ1) is 18.9. The highest BCUT2D eigenvalue weighted by Gasteiger charge is 2.53. The number of hydrogen-bond donors (Lipinski definition) is 1. The molecule has 1 aliphatic heterocycles. The van der Waals surface area contributed by atoms with Crippen molar-refractivity contribution < 1.29 is 28.0 Å². The van der Waals surface area contributed by atoms with Crippen molar-refractivity contribution in [2.45, 2.75) is 102 Å². The Kier molecular flexibility index (Phi) is 10.1. The summed E-state index contributed by atoms with van der Waals surface area (Å²) in [6.07, 6.45) is -1.12. The van der Waals surface area contributed by atoms with Gasteiger partial charge in [0.05, 0.1) is 12.8 Å². The van der Waals surface area contributed by atoms with Crippen LogP contribution in [-0.2, 0) is 18.3 Å². The predicted molar refractivity (Wildman–Crippen MR) is 164 cm³/mol. The number of anilines is 1. The zero-order valence-electron chi connectivity index (χ0n) is 26.3. The quantitative estimate of drug-likeness (QED) is 0.374. The van der Waals surface area contributed by atoms with E-state index in [2.05, 4.69) is 78.0 Å². The molecule has 1 aliphatic rings. The summed E-state index contributed by atoms with van der Waals surface area (Å²) in [7, 11) is -2.75. The van der Waals surface area contributed by atoms with E-state index in [1.54, 1.807) is 31.4 Å². The zero-order chi connectivity index (χ0) is 30.8. The van der Waals surface area contributed by atoms with Crippen LogP contribution >= 0.6 is 0 Å². The van der Waals surface area contributed by atoms with Gasteiger partial charge < -0.3 is 28.5 Å². The molecule has 0 saturated carbocycles. The molecule has 0 radical (unpaired) electrons. The predicted octanol–water partition coefficient (Wildman–Crippen LogP) is 5.08. The minimum Gasteiger partial charge on any atom is -0.414 e. The SMILES string of the molecule is CO[C@H]1[C@@H](On2ccc(NC(=O)c3ccccc3)nc2=O)O[C@H](CO[Si](C)(C)C(C)(C)C)[C@H]1O[Si](C)(C)C(C)(C)C. The molecule has 0 bridgehead atoms. The molecule has 0 spiro atoms. The van der Waals surface area contributed by atoms with Gasteiger partial charge in [-0.2, -0.15) is 4.98 Å². The normalized spacial score (nSPS) is 22.0. The number of benzene rings is 1. The van der Waals surface area contributed by atoms with Crippen molar-refractivity contribution >= 4 is 28.4 Å². The van der Waals surface area contributed by atoms with Crippen LogP contribution in [0.1, 0.15) is 51.9 Å². The molecule has 1 aromatic heterocycles. The highest BCUT2D eigenvalue weighted by Crippen LogP contribution is 2.41. The van der Waals surface area contributed by atoms with E-state index in [1.807, 2.05) is 6.07 Å². The van der Waals surface area contributed by atoms with E-state index in [4.69, 9.17) is 23.2 Å². The first-order valence-corrected chi connectivity index (χ1v) is 19.8. The van der Waals surface area contributed by atoms with Crippen molar-refractivity contribution in [3.05, 3.63) is 58.6 Å². The van der Waals surface area contributed by atoms with Crippen molar-refractivity contribution in [1.29, 1.82) is 0 Å². The number of aromatic nitrogens is 2. The van der Waals surface area contributed by atoms with E-state index < -0.39 is 46.9 Å².